The molecule has 1 amide bonds. The molecule has 0 aliphatic heterocycles. The van der Waals surface area contributed by atoms with Crippen LogP contribution in [0.2, 0.25) is 0 Å². The lowest BCUT2D eigenvalue weighted by Gasteiger charge is -2.22. The van der Waals surface area contributed by atoms with E-state index in [1.165, 1.54) is 23.0 Å². The van der Waals surface area contributed by atoms with E-state index in [-0.39, 0.29) is 17.9 Å². The van der Waals surface area contributed by atoms with Crippen LogP contribution < -0.4 is 0 Å². The number of carbonyl (C=O) groups is 1. The quantitative estimate of drug-likeness (QED) is 0.850. The molecule has 5 heteroatoms. The molecule has 1 aromatic carbocycles. The molecule has 1 heterocycles. The smallest absolute Gasteiger partial charge is 0.317 e. The van der Waals surface area contributed by atoms with Gasteiger partial charge in [0.2, 0.25) is 0 Å². The van der Waals surface area contributed by atoms with Crippen molar-refractivity contribution in [1.29, 1.82) is 0 Å². The van der Waals surface area contributed by atoms with Crippen LogP contribution in [0.3, 0.4) is 0 Å². The Morgan fingerprint density at radius 2 is 2.32 bits per heavy atom. The third-order valence-electron chi connectivity index (χ3n) is 3.20. The molecule has 1 aliphatic rings. The Bertz CT molecular complexity index is 578. The number of hydrogen-bond donors (Lipinski definition) is 0. The van der Waals surface area contributed by atoms with E-state index in [1.54, 1.807) is 23.4 Å². The zero-order chi connectivity index (χ0) is 13.2. The standard InChI is InChI=1S/C14H14FN3O/c15-12-3-1-2-11(8-12)9-18(13-4-5-13)14(19)17-7-6-16-10-17/h1-3,6-8,10,13H,4-5,9H2. The molecule has 3 rings (SSSR count). The van der Waals surface area contributed by atoms with Gasteiger partial charge in [-0.25, -0.2) is 14.2 Å². The minimum Gasteiger partial charge on any atom is -0.317 e. The molecule has 0 saturated heterocycles. The fraction of sp³-hybridized carbons (Fsp3) is 0.286. The van der Waals surface area contributed by atoms with Gasteiger partial charge in [0.25, 0.3) is 0 Å². The molecule has 0 radical (unpaired) electrons. The molecule has 0 N–H and O–H groups in total. The lowest BCUT2D eigenvalue weighted by atomic mass is 10.2. The molecule has 1 saturated carbocycles. The highest BCUT2D eigenvalue weighted by molar-refractivity contribution is 5.77. The zero-order valence-corrected chi connectivity index (χ0v) is 10.4. The summed E-state index contributed by atoms with van der Waals surface area (Å²) in [5.74, 6) is -0.275. The van der Waals surface area contributed by atoms with Crippen LogP contribution in [0.4, 0.5) is 9.18 Å². The summed E-state index contributed by atoms with van der Waals surface area (Å²) in [5.41, 5.74) is 0.806. The van der Waals surface area contributed by atoms with Crippen molar-refractivity contribution in [3.05, 3.63) is 54.4 Å². The largest absolute Gasteiger partial charge is 0.329 e. The fourth-order valence-electron chi connectivity index (χ4n) is 2.09. The van der Waals surface area contributed by atoms with Crippen LogP contribution in [0.1, 0.15) is 18.4 Å². The SMILES string of the molecule is O=C(N(Cc1cccc(F)c1)C1CC1)n1ccnc1. The number of amides is 1. The second kappa shape index (κ2) is 4.84. The monoisotopic (exact) mass is 259 g/mol. The second-order valence-corrected chi connectivity index (χ2v) is 4.74. The van der Waals surface area contributed by atoms with Gasteiger partial charge in [-0.15, -0.1) is 0 Å². The van der Waals surface area contributed by atoms with Crippen molar-refractivity contribution in [2.45, 2.75) is 25.4 Å². The molecule has 0 bridgehead atoms. The van der Waals surface area contributed by atoms with Crippen molar-refractivity contribution in [2.75, 3.05) is 0 Å². The Labute approximate surface area is 110 Å². The summed E-state index contributed by atoms with van der Waals surface area (Å²) in [6, 6.07) is 6.53. The summed E-state index contributed by atoms with van der Waals surface area (Å²) in [5, 5.41) is 0. The summed E-state index contributed by atoms with van der Waals surface area (Å²) in [6.45, 7) is 0.430. The van der Waals surface area contributed by atoms with Crippen LogP contribution in [0, 0.1) is 5.82 Å². The third kappa shape index (κ3) is 2.65. The molecule has 0 unspecified atom stereocenters. The van der Waals surface area contributed by atoms with E-state index in [2.05, 4.69) is 4.98 Å². The van der Waals surface area contributed by atoms with Gasteiger partial charge in [-0.05, 0) is 30.5 Å². The first-order chi connectivity index (χ1) is 9.24. The molecule has 1 fully saturated rings. The molecule has 1 aliphatic carbocycles. The predicted octanol–water partition coefficient (Wildman–Crippen LogP) is 2.65. The minimum atomic E-state index is -0.275. The zero-order valence-electron chi connectivity index (χ0n) is 10.4. The maximum absolute atomic E-state index is 13.2. The lowest BCUT2D eigenvalue weighted by Crippen LogP contribution is -2.35. The Balaban J connectivity index is 1.80. The topological polar surface area (TPSA) is 38.1 Å². The summed E-state index contributed by atoms with van der Waals surface area (Å²) in [7, 11) is 0. The van der Waals surface area contributed by atoms with Crippen molar-refractivity contribution in [1.82, 2.24) is 14.5 Å². The number of carbonyl (C=O) groups excluding carboxylic acids is 1. The van der Waals surface area contributed by atoms with Crippen LogP contribution in [-0.2, 0) is 6.54 Å². The van der Waals surface area contributed by atoms with E-state index in [1.807, 2.05) is 6.07 Å². The van der Waals surface area contributed by atoms with E-state index in [4.69, 9.17) is 0 Å². The highest BCUT2D eigenvalue weighted by atomic mass is 19.1. The van der Waals surface area contributed by atoms with Gasteiger partial charge in [0, 0.05) is 25.0 Å². The van der Waals surface area contributed by atoms with Gasteiger partial charge in [0.15, 0.2) is 0 Å². The predicted molar refractivity (Wildman–Crippen MR) is 68.0 cm³/mol. The molecular formula is C14H14FN3O. The van der Waals surface area contributed by atoms with E-state index in [0.717, 1.165) is 18.4 Å². The molecular weight excluding hydrogens is 245 g/mol. The Morgan fingerprint density at radius 3 is 2.95 bits per heavy atom. The Morgan fingerprint density at radius 1 is 1.47 bits per heavy atom. The van der Waals surface area contributed by atoms with Gasteiger partial charge in [-0.1, -0.05) is 12.1 Å². The van der Waals surface area contributed by atoms with Crippen molar-refractivity contribution >= 4 is 6.03 Å². The number of halogens is 1. The van der Waals surface area contributed by atoms with Gasteiger partial charge in [0.05, 0.1) is 0 Å². The molecule has 4 nitrogen and oxygen atoms in total. The number of imidazole rings is 1. The molecule has 19 heavy (non-hydrogen) atoms. The van der Waals surface area contributed by atoms with Crippen molar-refractivity contribution in [2.24, 2.45) is 0 Å². The second-order valence-electron chi connectivity index (χ2n) is 4.74. The van der Waals surface area contributed by atoms with Gasteiger partial charge in [-0.3, -0.25) is 4.57 Å². The molecule has 1 aromatic heterocycles. The van der Waals surface area contributed by atoms with Crippen LogP contribution >= 0.6 is 0 Å². The highest BCUT2D eigenvalue weighted by Gasteiger charge is 2.33. The number of rotatable bonds is 3. The first-order valence-electron chi connectivity index (χ1n) is 6.27. The van der Waals surface area contributed by atoms with Gasteiger partial charge in [-0.2, -0.15) is 0 Å². The van der Waals surface area contributed by atoms with Crippen molar-refractivity contribution in [3.8, 4) is 0 Å². The molecule has 98 valence electrons. The summed E-state index contributed by atoms with van der Waals surface area (Å²) >= 11 is 0. The van der Waals surface area contributed by atoms with Crippen molar-refractivity contribution in [3.63, 3.8) is 0 Å². The van der Waals surface area contributed by atoms with Crippen molar-refractivity contribution < 1.29 is 9.18 Å². The normalized spacial score (nSPS) is 14.4. The van der Waals surface area contributed by atoms with Gasteiger partial charge in [0.1, 0.15) is 12.1 Å². The average Bonchev–Trinajstić information content (AvgIpc) is 3.09. The van der Waals surface area contributed by atoms with Gasteiger partial charge >= 0.3 is 6.03 Å². The fourth-order valence-corrected chi connectivity index (χ4v) is 2.09. The Kier molecular flexibility index (Phi) is 3.03. The molecule has 2 aromatic rings. The minimum absolute atomic E-state index is 0.107. The highest BCUT2D eigenvalue weighted by Crippen LogP contribution is 2.29. The average molecular weight is 259 g/mol. The number of nitrogens with zero attached hydrogens (tertiary/aromatic N) is 3. The van der Waals surface area contributed by atoms with E-state index in [0.29, 0.717) is 6.54 Å². The lowest BCUT2D eigenvalue weighted by molar-refractivity contribution is 0.193. The third-order valence-corrected chi connectivity index (χ3v) is 3.20. The maximum Gasteiger partial charge on any atom is 0.329 e. The number of benzene rings is 1. The van der Waals surface area contributed by atoms with E-state index in [9.17, 15) is 9.18 Å². The van der Waals surface area contributed by atoms with E-state index < -0.39 is 0 Å². The van der Waals surface area contributed by atoms with Gasteiger partial charge < -0.3 is 4.90 Å². The first-order valence-corrected chi connectivity index (χ1v) is 6.27. The van der Waals surface area contributed by atoms with E-state index >= 15 is 0 Å². The van der Waals surface area contributed by atoms with Crippen LogP contribution in [0.25, 0.3) is 0 Å². The Hall–Kier alpha value is -2.17. The summed E-state index contributed by atoms with van der Waals surface area (Å²) in [4.78, 5) is 18.0. The molecule has 0 spiro atoms. The van der Waals surface area contributed by atoms with Crippen LogP contribution in [-0.4, -0.2) is 26.5 Å². The first kappa shape index (κ1) is 11.9. The summed E-state index contributed by atoms with van der Waals surface area (Å²) < 4.78 is 14.6. The van der Waals surface area contributed by atoms with Crippen LogP contribution in [0.15, 0.2) is 43.0 Å². The number of aromatic nitrogens is 2. The summed E-state index contributed by atoms with van der Waals surface area (Å²) in [6.07, 6.45) is 6.71. The maximum atomic E-state index is 13.2. The molecule has 0 atom stereocenters. The van der Waals surface area contributed by atoms with Crippen LogP contribution in [0.5, 0.6) is 0 Å². The number of hydrogen-bond acceptors (Lipinski definition) is 2.